The largest absolute Gasteiger partial charge is 0.379 e. The Morgan fingerprint density at radius 1 is 1.12 bits per heavy atom. The average Bonchev–Trinajstić information content (AvgIpc) is 2.30. The van der Waals surface area contributed by atoms with Crippen LogP contribution in [0.5, 0.6) is 0 Å². The highest BCUT2D eigenvalue weighted by Crippen LogP contribution is 2.14. The number of nitrogens with one attached hydrogen (secondary N) is 1. The van der Waals surface area contributed by atoms with Gasteiger partial charge in [-0.1, -0.05) is 22.0 Å². The molecule has 0 bridgehead atoms. The highest BCUT2D eigenvalue weighted by atomic mass is 79.9. The normalized spacial score (nSPS) is 10.1. The summed E-state index contributed by atoms with van der Waals surface area (Å²) >= 11 is 3.41. The molecule has 0 aliphatic heterocycles. The van der Waals surface area contributed by atoms with Crippen LogP contribution in [-0.2, 0) is 6.54 Å². The number of aryl methyl sites for hydroxylation is 1. The van der Waals surface area contributed by atoms with Crippen molar-refractivity contribution in [1.82, 2.24) is 4.98 Å². The molecule has 0 aliphatic rings. The van der Waals surface area contributed by atoms with Crippen LogP contribution < -0.4 is 5.32 Å². The number of hydrogen-bond donors (Lipinski definition) is 1. The molecule has 0 fully saturated rings. The zero-order valence-electron chi connectivity index (χ0n) is 9.07. The highest BCUT2D eigenvalue weighted by Gasteiger charge is 1.95. The molecule has 0 spiro atoms. The third-order valence-corrected chi connectivity index (χ3v) is 2.82. The minimum atomic E-state index is 0.752. The fraction of sp³-hybridized carbons (Fsp3) is 0.154. The van der Waals surface area contributed by atoms with E-state index in [-0.39, 0.29) is 0 Å². The van der Waals surface area contributed by atoms with Crippen LogP contribution in [0.2, 0.25) is 0 Å². The third kappa shape index (κ3) is 3.07. The molecule has 2 nitrogen and oxygen atoms in total. The first-order valence-corrected chi connectivity index (χ1v) is 5.94. The summed E-state index contributed by atoms with van der Waals surface area (Å²) in [5.74, 6) is 0. The van der Waals surface area contributed by atoms with Gasteiger partial charge in [-0.15, -0.1) is 0 Å². The van der Waals surface area contributed by atoms with Gasteiger partial charge in [0.1, 0.15) is 0 Å². The van der Waals surface area contributed by atoms with E-state index in [1.807, 2.05) is 43.5 Å². The summed E-state index contributed by atoms with van der Waals surface area (Å²) in [4.78, 5) is 4.34. The number of benzene rings is 1. The second-order valence-corrected chi connectivity index (χ2v) is 4.60. The molecule has 1 N–H and O–H groups in total. The maximum Gasteiger partial charge on any atom is 0.0594 e. The van der Waals surface area contributed by atoms with Crippen molar-refractivity contribution in [1.29, 1.82) is 0 Å². The summed E-state index contributed by atoms with van der Waals surface area (Å²) in [6.45, 7) is 2.79. The minimum Gasteiger partial charge on any atom is -0.379 e. The number of halogens is 1. The maximum absolute atomic E-state index is 4.34. The lowest BCUT2D eigenvalue weighted by molar-refractivity contribution is 1.04. The van der Waals surface area contributed by atoms with Gasteiger partial charge in [0.05, 0.1) is 12.2 Å². The van der Waals surface area contributed by atoms with Crippen LogP contribution in [0.15, 0.2) is 47.1 Å². The molecule has 0 saturated heterocycles. The van der Waals surface area contributed by atoms with E-state index in [0.29, 0.717) is 0 Å². The number of anilines is 1. The first-order valence-electron chi connectivity index (χ1n) is 5.15. The third-order valence-electron chi connectivity index (χ3n) is 2.29. The van der Waals surface area contributed by atoms with Gasteiger partial charge >= 0.3 is 0 Å². The number of rotatable bonds is 3. The highest BCUT2D eigenvalue weighted by molar-refractivity contribution is 9.10. The van der Waals surface area contributed by atoms with Crippen molar-refractivity contribution in [2.45, 2.75) is 13.5 Å². The van der Waals surface area contributed by atoms with Gasteiger partial charge in [-0.2, -0.15) is 0 Å². The summed E-state index contributed by atoms with van der Waals surface area (Å²) in [6, 6.07) is 12.2. The fourth-order valence-electron chi connectivity index (χ4n) is 1.36. The Kier molecular flexibility index (Phi) is 3.57. The number of hydrogen-bond acceptors (Lipinski definition) is 2. The van der Waals surface area contributed by atoms with Crippen LogP contribution in [0.1, 0.15) is 11.3 Å². The molecule has 0 unspecified atom stereocenters. The van der Waals surface area contributed by atoms with E-state index in [0.717, 1.165) is 22.4 Å². The van der Waals surface area contributed by atoms with Gasteiger partial charge in [-0.3, -0.25) is 4.98 Å². The quantitative estimate of drug-likeness (QED) is 0.923. The first-order chi connectivity index (χ1) is 7.74. The summed E-state index contributed by atoms with van der Waals surface area (Å²) in [5, 5.41) is 3.32. The summed E-state index contributed by atoms with van der Waals surface area (Å²) in [5.41, 5.74) is 3.34. The Hall–Kier alpha value is -1.35. The Bertz CT molecular complexity index is 403. The molecule has 1 aromatic carbocycles. The number of aromatic nitrogens is 1. The van der Waals surface area contributed by atoms with Gasteiger partial charge in [0.15, 0.2) is 0 Å². The van der Waals surface area contributed by atoms with Crippen molar-refractivity contribution in [3.8, 4) is 0 Å². The lowest BCUT2D eigenvalue weighted by atomic mass is 10.2. The van der Waals surface area contributed by atoms with E-state index < -0.39 is 0 Å². The molecule has 2 rings (SSSR count). The van der Waals surface area contributed by atoms with E-state index >= 15 is 0 Å². The molecule has 2 aromatic rings. The van der Waals surface area contributed by atoms with Crippen molar-refractivity contribution in [2.75, 3.05) is 5.32 Å². The lowest BCUT2D eigenvalue weighted by Crippen LogP contribution is -2.01. The summed E-state index contributed by atoms with van der Waals surface area (Å²) in [7, 11) is 0. The van der Waals surface area contributed by atoms with E-state index in [1.165, 1.54) is 5.56 Å². The van der Waals surface area contributed by atoms with Gasteiger partial charge in [-0.05, 0) is 42.8 Å². The van der Waals surface area contributed by atoms with Gasteiger partial charge < -0.3 is 5.32 Å². The van der Waals surface area contributed by atoms with Crippen molar-refractivity contribution < 1.29 is 0 Å². The molecule has 0 atom stereocenters. The van der Waals surface area contributed by atoms with Crippen molar-refractivity contribution in [3.05, 3.63) is 58.3 Å². The lowest BCUT2D eigenvalue weighted by Gasteiger charge is -2.06. The molecule has 3 heteroatoms. The van der Waals surface area contributed by atoms with Crippen LogP contribution >= 0.6 is 15.9 Å². The maximum atomic E-state index is 4.34. The second-order valence-electron chi connectivity index (χ2n) is 3.69. The minimum absolute atomic E-state index is 0.752. The Morgan fingerprint density at radius 2 is 1.88 bits per heavy atom. The predicted octanol–water partition coefficient (Wildman–Crippen LogP) is 3.76. The van der Waals surface area contributed by atoms with E-state index in [1.54, 1.807) is 0 Å². The first kappa shape index (κ1) is 11.1. The van der Waals surface area contributed by atoms with Gasteiger partial charge in [-0.25, -0.2) is 0 Å². The molecule has 0 saturated carbocycles. The van der Waals surface area contributed by atoms with Crippen molar-refractivity contribution in [2.24, 2.45) is 0 Å². The van der Waals surface area contributed by atoms with Crippen LogP contribution in [0, 0.1) is 6.92 Å². The molecule has 0 amide bonds. The van der Waals surface area contributed by atoms with Gasteiger partial charge in [0.2, 0.25) is 0 Å². The Balaban J connectivity index is 1.97. The van der Waals surface area contributed by atoms with E-state index in [4.69, 9.17) is 0 Å². The van der Waals surface area contributed by atoms with Crippen LogP contribution in [0.25, 0.3) is 0 Å². The number of pyridine rings is 1. The van der Waals surface area contributed by atoms with E-state index in [2.05, 4.69) is 32.3 Å². The SMILES string of the molecule is Cc1ccc(CNc2ccc(Br)cc2)nc1. The summed E-state index contributed by atoms with van der Waals surface area (Å²) in [6.07, 6.45) is 1.89. The van der Waals surface area contributed by atoms with E-state index in [9.17, 15) is 0 Å². The molecule has 82 valence electrons. The Labute approximate surface area is 104 Å². The van der Waals surface area contributed by atoms with Crippen molar-refractivity contribution in [3.63, 3.8) is 0 Å². The topological polar surface area (TPSA) is 24.9 Å². The molecule has 1 aromatic heterocycles. The average molecular weight is 277 g/mol. The molecule has 0 radical (unpaired) electrons. The molecule has 0 aliphatic carbocycles. The fourth-order valence-corrected chi connectivity index (χ4v) is 1.63. The van der Waals surface area contributed by atoms with Crippen LogP contribution in [0.4, 0.5) is 5.69 Å². The van der Waals surface area contributed by atoms with Crippen LogP contribution in [-0.4, -0.2) is 4.98 Å². The molecule has 1 heterocycles. The molecular formula is C13H13BrN2. The zero-order chi connectivity index (χ0) is 11.4. The predicted molar refractivity (Wildman–Crippen MR) is 70.4 cm³/mol. The monoisotopic (exact) mass is 276 g/mol. The smallest absolute Gasteiger partial charge is 0.0594 e. The number of nitrogens with zero attached hydrogens (tertiary/aromatic N) is 1. The summed E-state index contributed by atoms with van der Waals surface area (Å²) < 4.78 is 1.09. The van der Waals surface area contributed by atoms with Crippen molar-refractivity contribution >= 4 is 21.6 Å². The van der Waals surface area contributed by atoms with Crippen LogP contribution in [0.3, 0.4) is 0 Å². The molecule has 16 heavy (non-hydrogen) atoms. The van der Waals surface area contributed by atoms with Gasteiger partial charge in [0, 0.05) is 16.4 Å². The second kappa shape index (κ2) is 5.12. The molecular weight excluding hydrogens is 264 g/mol. The Morgan fingerprint density at radius 3 is 2.50 bits per heavy atom. The zero-order valence-corrected chi connectivity index (χ0v) is 10.7. The standard InChI is InChI=1S/C13H13BrN2/c1-10-2-5-13(15-8-10)9-16-12-6-3-11(14)4-7-12/h2-8,16H,9H2,1H3. The van der Waals surface area contributed by atoms with Gasteiger partial charge in [0.25, 0.3) is 0 Å².